The molecule has 2 amide bonds. The van der Waals surface area contributed by atoms with Crippen molar-refractivity contribution in [3.8, 4) is 0 Å². The molecule has 0 saturated carbocycles. The second-order valence-electron chi connectivity index (χ2n) is 3.66. The largest absolute Gasteiger partial charge is 0.480 e. The number of carboxylic acids is 1. The maximum absolute atomic E-state index is 11.5. The smallest absolute Gasteiger partial charge is 0.328 e. The Labute approximate surface area is 108 Å². The summed E-state index contributed by atoms with van der Waals surface area (Å²) in [6.07, 6.45) is 2.65. The van der Waals surface area contributed by atoms with E-state index in [2.05, 4.69) is 20.5 Å². The predicted octanol–water partition coefficient (Wildman–Crippen LogP) is -0.349. The van der Waals surface area contributed by atoms with Crippen molar-refractivity contribution in [2.45, 2.75) is 19.5 Å². The highest BCUT2D eigenvalue weighted by atomic mass is 16.5. The van der Waals surface area contributed by atoms with E-state index in [0.717, 1.165) is 4.68 Å². The second kappa shape index (κ2) is 6.38. The number of carboxylic acid groups (broad SMARTS) is 1. The zero-order valence-electron chi connectivity index (χ0n) is 10.4. The monoisotopic (exact) mass is 270 g/mol. The fourth-order valence-electron chi connectivity index (χ4n) is 1.25. The minimum Gasteiger partial charge on any atom is -0.480 e. The van der Waals surface area contributed by atoms with Crippen LogP contribution in [0.25, 0.3) is 0 Å². The van der Waals surface area contributed by atoms with Crippen molar-refractivity contribution in [1.82, 2.24) is 15.1 Å². The number of aromatic nitrogens is 2. The Balaban J connectivity index is 2.50. The Bertz CT molecular complexity index is 484. The number of esters is 1. The SMILES string of the molecule is COC(=O)C(C)NC(=O)Nc1cnn(CC(=O)O)c1. The third-order valence-corrected chi connectivity index (χ3v) is 2.09. The van der Waals surface area contributed by atoms with Gasteiger partial charge in [-0.3, -0.25) is 9.48 Å². The summed E-state index contributed by atoms with van der Waals surface area (Å²) in [5.41, 5.74) is 0.316. The number of hydrogen-bond acceptors (Lipinski definition) is 5. The summed E-state index contributed by atoms with van der Waals surface area (Å²) < 4.78 is 5.60. The third kappa shape index (κ3) is 4.66. The number of ether oxygens (including phenoxy) is 1. The molecule has 9 nitrogen and oxygen atoms in total. The molecule has 0 aromatic carbocycles. The highest BCUT2D eigenvalue weighted by Gasteiger charge is 2.16. The van der Waals surface area contributed by atoms with Crippen LogP contribution in [0.3, 0.4) is 0 Å². The summed E-state index contributed by atoms with van der Waals surface area (Å²) in [5, 5.41) is 17.1. The van der Waals surface area contributed by atoms with E-state index in [-0.39, 0.29) is 6.54 Å². The summed E-state index contributed by atoms with van der Waals surface area (Å²) in [4.78, 5) is 33.0. The zero-order valence-corrected chi connectivity index (χ0v) is 10.4. The van der Waals surface area contributed by atoms with Gasteiger partial charge in [0.15, 0.2) is 0 Å². The van der Waals surface area contributed by atoms with E-state index in [1.165, 1.54) is 26.4 Å². The molecule has 1 unspecified atom stereocenters. The minimum atomic E-state index is -1.04. The van der Waals surface area contributed by atoms with Gasteiger partial charge in [-0.1, -0.05) is 0 Å². The molecule has 3 N–H and O–H groups in total. The molecule has 9 heteroatoms. The van der Waals surface area contributed by atoms with Gasteiger partial charge in [0.2, 0.25) is 0 Å². The van der Waals surface area contributed by atoms with Crippen LogP contribution in [0.15, 0.2) is 12.4 Å². The predicted molar refractivity (Wildman–Crippen MR) is 63.5 cm³/mol. The third-order valence-electron chi connectivity index (χ3n) is 2.09. The number of methoxy groups -OCH3 is 1. The molecule has 1 rings (SSSR count). The molecule has 0 fully saturated rings. The van der Waals surface area contributed by atoms with Crippen molar-refractivity contribution in [3.63, 3.8) is 0 Å². The van der Waals surface area contributed by atoms with E-state index in [1.807, 2.05) is 0 Å². The number of rotatable bonds is 5. The average Bonchev–Trinajstić information content (AvgIpc) is 2.73. The maximum Gasteiger partial charge on any atom is 0.328 e. The van der Waals surface area contributed by atoms with Crippen molar-refractivity contribution in [3.05, 3.63) is 12.4 Å². The van der Waals surface area contributed by atoms with Gasteiger partial charge in [-0.15, -0.1) is 0 Å². The summed E-state index contributed by atoms with van der Waals surface area (Å²) in [6.45, 7) is 1.17. The lowest BCUT2D eigenvalue weighted by Crippen LogP contribution is -2.41. The Kier molecular flexibility index (Phi) is 4.86. The van der Waals surface area contributed by atoms with Crippen molar-refractivity contribution in [2.24, 2.45) is 0 Å². The molecule has 0 spiro atoms. The Morgan fingerprint density at radius 1 is 1.53 bits per heavy atom. The van der Waals surface area contributed by atoms with Gasteiger partial charge in [0.1, 0.15) is 12.6 Å². The van der Waals surface area contributed by atoms with Crippen LogP contribution in [0.4, 0.5) is 10.5 Å². The van der Waals surface area contributed by atoms with Crippen molar-refractivity contribution < 1.29 is 24.2 Å². The highest BCUT2D eigenvalue weighted by molar-refractivity contribution is 5.92. The van der Waals surface area contributed by atoms with E-state index in [9.17, 15) is 14.4 Å². The first-order chi connectivity index (χ1) is 8.92. The number of aliphatic carboxylic acids is 1. The number of nitrogens with zero attached hydrogens (tertiary/aromatic N) is 2. The highest BCUT2D eigenvalue weighted by Crippen LogP contribution is 2.04. The van der Waals surface area contributed by atoms with Crippen molar-refractivity contribution in [1.29, 1.82) is 0 Å². The van der Waals surface area contributed by atoms with Gasteiger partial charge in [-0.2, -0.15) is 5.10 Å². The number of nitrogens with one attached hydrogen (secondary N) is 2. The van der Waals surface area contributed by atoms with Crippen LogP contribution in [0.5, 0.6) is 0 Å². The Morgan fingerprint density at radius 2 is 2.21 bits per heavy atom. The lowest BCUT2D eigenvalue weighted by molar-refractivity contribution is -0.142. The molecule has 1 aromatic rings. The molecule has 19 heavy (non-hydrogen) atoms. The standard InChI is InChI=1S/C10H14N4O5/c1-6(9(17)19-2)12-10(18)13-7-3-11-14(4-7)5-8(15)16/h3-4,6H,5H2,1-2H3,(H,15,16)(H2,12,13,18). The van der Waals surface area contributed by atoms with Crippen LogP contribution in [0.1, 0.15) is 6.92 Å². The fourth-order valence-corrected chi connectivity index (χ4v) is 1.25. The molecule has 0 bridgehead atoms. The number of anilines is 1. The molecule has 0 aliphatic heterocycles. The summed E-state index contributed by atoms with van der Waals surface area (Å²) >= 11 is 0. The van der Waals surface area contributed by atoms with Gasteiger partial charge >= 0.3 is 18.0 Å². The lowest BCUT2D eigenvalue weighted by atomic mass is 10.3. The van der Waals surface area contributed by atoms with Crippen LogP contribution in [-0.2, 0) is 20.9 Å². The fraction of sp³-hybridized carbons (Fsp3) is 0.400. The van der Waals surface area contributed by atoms with E-state index < -0.39 is 24.0 Å². The molecule has 0 radical (unpaired) electrons. The van der Waals surface area contributed by atoms with E-state index in [1.54, 1.807) is 0 Å². The van der Waals surface area contributed by atoms with Gasteiger partial charge in [-0.05, 0) is 6.92 Å². The van der Waals surface area contributed by atoms with Gasteiger partial charge in [-0.25, -0.2) is 9.59 Å². The molecule has 104 valence electrons. The number of carbonyl (C=O) groups excluding carboxylic acids is 2. The van der Waals surface area contributed by atoms with E-state index in [4.69, 9.17) is 5.11 Å². The topological polar surface area (TPSA) is 123 Å². The van der Waals surface area contributed by atoms with Crippen LogP contribution >= 0.6 is 0 Å². The molecular formula is C10H14N4O5. The van der Waals surface area contributed by atoms with Crippen molar-refractivity contribution in [2.75, 3.05) is 12.4 Å². The van der Waals surface area contributed by atoms with Crippen LogP contribution in [0, 0.1) is 0 Å². The first kappa shape index (κ1) is 14.5. The van der Waals surface area contributed by atoms with Crippen LogP contribution in [0.2, 0.25) is 0 Å². The van der Waals surface area contributed by atoms with Gasteiger partial charge in [0, 0.05) is 6.20 Å². The van der Waals surface area contributed by atoms with Gasteiger partial charge < -0.3 is 20.5 Å². The number of urea groups is 1. The Morgan fingerprint density at radius 3 is 2.79 bits per heavy atom. The minimum absolute atomic E-state index is 0.304. The zero-order chi connectivity index (χ0) is 14.4. The summed E-state index contributed by atoms with van der Waals surface area (Å²) in [7, 11) is 1.22. The molecule has 0 aliphatic carbocycles. The normalized spacial score (nSPS) is 11.5. The molecule has 1 aromatic heterocycles. The molecule has 0 saturated heterocycles. The van der Waals surface area contributed by atoms with Crippen molar-refractivity contribution >= 4 is 23.7 Å². The van der Waals surface area contributed by atoms with Crippen LogP contribution in [-0.4, -0.2) is 46.0 Å². The van der Waals surface area contributed by atoms with Gasteiger partial charge in [0.25, 0.3) is 0 Å². The molecule has 1 atom stereocenters. The summed E-state index contributed by atoms with van der Waals surface area (Å²) in [5.74, 6) is -1.62. The number of amides is 2. The Hall–Kier alpha value is -2.58. The average molecular weight is 270 g/mol. The molecule has 1 heterocycles. The lowest BCUT2D eigenvalue weighted by Gasteiger charge is -2.11. The number of hydrogen-bond donors (Lipinski definition) is 3. The second-order valence-corrected chi connectivity index (χ2v) is 3.66. The van der Waals surface area contributed by atoms with Crippen LogP contribution < -0.4 is 10.6 Å². The summed E-state index contributed by atoms with van der Waals surface area (Å²) in [6, 6.07) is -1.41. The molecule has 0 aliphatic rings. The van der Waals surface area contributed by atoms with E-state index >= 15 is 0 Å². The quantitative estimate of drug-likeness (QED) is 0.628. The number of carbonyl (C=O) groups is 3. The first-order valence-electron chi connectivity index (χ1n) is 5.32. The first-order valence-corrected chi connectivity index (χ1v) is 5.32. The molecular weight excluding hydrogens is 256 g/mol. The van der Waals surface area contributed by atoms with Gasteiger partial charge in [0.05, 0.1) is 19.0 Å². The maximum atomic E-state index is 11.5. The van der Waals surface area contributed by atoms with E-state index in [0.29, 0.717) is 5.69 Å².